The van der Waals surface area contributed by atoms with Crippen molar-refractivity contribution in [2.75, 3.05) is 70.7 Å². The van der Waals surface area contributed by atoms with Gasteiger partial charge in [-0.25, -0.2) is 14.1 Å². The quantitative estimate of drug-likeness (QED) is 0.0344. The van der Waals surface area contributed by atoms with Crippen LogP contribution < -0.4 is 27.2 Å². The zero-order chi connectivity index (χ0) is 41.9. The van der Waals surface area contributed by atoms with Gasteiger partial charge in [-0.3, -0.25) is 0 Å². The fourth-order valence-corrected chi connectivity index (χ4v) is 7.25. The van der Waals surface area contributed by atoms with Gasteiger partial charge < -0.3 is 65.8 Å². The Bertz CT molecular complexity index is 2170. The Labute approximate surface area is 355 Å². The summed E-state index contributed by atoms with van der Waals surface area (Å²) in [6, 6.07) is 20.0. The number of anilines is 1. The second kappa shape index (κ2) is 22.4. The van der Waals surface area contributed by atoms with Gasteiger partial charge in [0.05, 0.1) is 64.0 Å². The van der Waals surface area contributed by atoms with Crippen LogP contribution in [0.3, 0.4) is 0 Å². The largest absolute Gasteiger partial charge is 1.00 e. The maximum absolute atomic E-state index is 13.6. The Kier molecular flexibility index (Phi) is 17.4. The molecule has 1 saturated heterocycles. The van der Waals surface area contributed by atoms with Crippen LogP contribution in [0.4, 0.5) is 5.69 Å². The second-order valence-electron chi connectivity index (χ2n) is 14.1. The van der Waals surface area contributed by atoms with Crippen molar-refractivity contribution in [3.05, 3.63) is 83.5 Å². The van der Waals surface area contributed by atoms with Crippen molar-refractivity contribution < 1.29 is 65.7 Å². The zero-order valence-electron chi connectivity index (χ0n) is 34.5. The van der Waals surface area contributed by atoms with Crippen LogP contribution in [0, 0.1) is 0 Å². The Morgan fingerprint density at radius 2 is 1.60 bits per heavy atom. The lowest BCUT2D eigenvalue weighted by atomic mass is 9.90. The van der Waals surface area contributed by atoms with E-state index in [1.807, 2.05) is 18.2 Å². The molecule has 1 aliphatic carbocycles. The second-order valence-corrected chi connectivity index (χ2v) is 14.1. The molecular weight excluding hydrogens is 798 g/mol. The number of carbonyl (C=O) groups is 1. The van der Waals surface area contributed by atoms with Gasteiger partial charge in [0.1, 0.15) is 61.1 Å². The molecule has 3 aliphatic rings. The number of halogens is 1. The fraction of sp³-hybridized carbons (Fsp3) is 0.488. The summed E-state index contributed by atoms with van der Waals surface area (Å²) >= 11 is 0. The van der Waals surface area contributed by atoms with Gasteiger partial charge in [0.25, 0.3) is 0 Å². The topological polar surface area (TPSA) is 194 Å². The first kappa shape index (κ1) is 46.6. The van der Waals surface area contributed by atoms with E-state index in [1.54, 1.807) is 16.9 Å². The number of benzene rings is 3. The van der Waals surface area contributed by atoms with Crippen molar-refractivity contribution in [1.29, 1.82) is 0 Å². The molecule has 2 aliphatic heterocycles. The predicted molar refractivity (Wildman–Crippen MR) is 219 cm³/mol. The summed E-state index contributed by atoms with van der Waals surface area (Å²) in [7, 11) is 0. The normalized spacial score (nSPS) is 19.0. The number of esters is 1. The van der Waals surface area contributed by atoms with Crippen molar-refractivity contribution in [1.82, 2.24) is 19.6 Å². The molecule has 0 bridgehead atoms. The van der Waals surface area contributed by atoms with E-state index in [0.717, 1.165) is 70.6 Å². The maximum atomic E-state index is 13.6. The molecule has 326 valence electrons. The van der Waals surface area contributed by atoms with Crippen LogP contribution in [0.5, 0.6) is 0 Å². The van der Waals surface area contributed by atoms with Crippen LogP contribution in [0.2, 0.25) is 0 Å². The summed E-state index contributed by atoms with van der Waals surface area (Å²) in [5.74, 6) is 0.283. The average molecular weight is 854 g/mol. The number of fused-ring (bicyclic) bond motifs is 2. The van der Waals surface area contributed by atoms with Crippen molar-refractivity contribution in [2.45, 2.75) is 71.6 Å². The molecule has 1 fully saturated rings. The highest BCUT2D eigenvalue weighted by molar-refractivity contribution is 6.08. The highest BCUT2D eigenvalue weighted by atomic mass is 35.5. The van der Waals surface area contributed by atoms with E-state index >= 15 is 0 Å². The molecule has 2 aromatic carbocycles. The summed E-state index contributed by atoms with van der Waals surface area (Å²) in [6.07, 6.45) is -5.18. The molecule has 1 aromatic heterocycles. The number of hydrogen-bond donors (Lipinski definition) is 4. The third-order valence-corrected chi connectivity index (χ3v) is 10.5. The van der Waals surface area contributed by atoms with Gasteiger partial charge in [-0.1, -0.05) is 23.4 Å². The summed E-state index contributed by atoms with van der Waals surface area (Å²) in [4.78, 5) is 15.9. The highest BCUT2D eigenvalue weighted by Gasteiger charge is 2.44. The lowest BCUT2D eigenvalue weighted by molar-refractivity contribution is -0.304. The van der Waals surface area contributed by atoms with E-state index in [1.165, 1.54) is 0 Å². The molecule has 6 rings (SSSR count). The van der Waals surface area contributed by atoms with Crippen molar-refractivity contribution in [3.63, 3.8) is 0 Å². The number of ether oxygens (including phenoxy) is 5. The summed E-state index contributed by atoms with van der Waals surface area (Å²) in [5.41, 5.74) is 5.25. The first-order chi connectivity index (χ1) is 28.7. The van der Waals surface area contributed by atoms with Gasteiger partial charge in [-0.2, -0.15) is 0 Å². The molecule has 4 N–H and O–H groups in total. The third kappa shape index (κ3) is 10.9. The van der Waals surface area contributed by atoms with Crippen LogP contribution in [-0.4, -0.2) is 138 Å². The Balaban J connectivity index is 0.00000683. The number of aliphatic hydroxyl groups is 4. The van der Waals surface area contributed by atoms with Gasteiger partial charge in [-0.05, 0) is 57.5 Å². The van der Waals surface area contributed by atoms with E-state index < -0.39 is 43.3 Å². The molecule has 16 nitrogen and oxygen atoms in total. The number of aromatic nitrogens is 3. The molecule has 3 heterocycles. The SMILES string of the molecule is CCN(CC)c1ccc2c(-c3ccccc3C(=O)OCCOCCOCCn3cc(CO[C@H]4O[C@H](CO)[C@H](O)[C@H](O)[C@H]4O)nn3)c3ccc(=[N+](CC)CC)cc-3oc2c1.[Cl-]. The molecule has 0 saturated carbocycles. The summed E-state index contributed by atoms with van der Waals surface area (Å²) in [6.45, 7) is 12.9. The van der Waals surface area contributed by atoms with Gasteiger partial charge in [-0.15, -0.1) is 5.10 Å². The minimum atomic E-state index is -1.53. The average Bonchev–Trinajstić information content (AvgIpc) is 3.72. The number of carbonyl (C=O) groups excluding carboxylic acids is 1. The van der Waals surface area contributed by atoms with Crippen LogP contribution in [0.15, 0.2) is 71.3 Å². The minimum absolute atomic E-state index is 0. The lowest BCUT2D eigenvalue weighted by Crippen LogP contribution is -3.00. The van der Waals surface area contributed by atoms with Crippen molar-refractivity contribution in [2.24, 2.45) is 0 Å². The number of hydrogen-bond acceptors (Lipinski definition) is 14. The molecule has 5 atom stereocenters. The minimum Gasteiger partial charge on any atom is -1.00 e. The number of rotatable bonds is 20. The Morgan fingerprint density at radius 3 is 2.33 bits per heavy atom. The molecule has 0 amide bonds. The smallest absolute Gasteiger partial charge is 0.338 e. The van der Waals surface area contributed by atoms with E-state index in [2.05, 4.69) is 83.9 Å². The maximum Gasteiger partial charge on any atom is 0.338 e. The first-order valence-corrected chi connectivity index (χ1v) is 20.3. The van der Waals surface area contributed by atoms with Crippen LogP contribution in [-0.2, 0) is 36.8 Å². The monoisotopic (exact) mass is 853 g/mol. The van der Waals surface area contributed by atoms with Crippen LogP contribution >= 0.6 is 0 Å². The van der Waals surface area contributed by atoms with E-state index in [0.29, 0.717) is 37.6 Å². The Hall–Kier alpha value is -4.49. The van der Waals surface area contributed by atoms with E-state index in [4.69, 9.17) is 28.1 Å². The number of aliphatic hydroxyl groups excluding tert-OH is 4. The van der Waals surface area contributed by atoms with Gasteiger partial charge in [0.15, 0.2) is 6.29 Å². The molecule has 3 aromatic rings. The predicted octanol–water partition coefficient (Wildman–Crippen LogP) is -0.335. The van der Waals surface area contributed by atoms with E-state index in [-0.39, 0.29) is 32.2 Å². The Morgan fingerprint density at radius 1 is 0.867 bits per heavy atom. The molecule has 0 radical (unpaired) electrons. The highest BCUT2D eigenvalue weighted by Crippen LogP contribution is 2.42. The molecule has 0 spiro atoms. The van der Waals surface area contributed by atoms with Crippen molar-refractivity contribution >= 4 is 22.6 Å². The van der Waals surface area contributed by atoms with Crippen LogP contribution in [0.25, 0.3) is 33.4 Å². The molecular formula is C43H56ClN5O11. The fourth-order valence-electron chi connectivity index (χ4n) is 7.25. The molecule has 0 unspecified atom stereocenters. The van der Waals surface area contributed by atoms with Crippen LogP contribution in [0.1, 0.15) is 43.7 Å². The molecule has 60 heavy (non-hydrogen) atoms. The van der Waals surface area contributed by atoms with E-state index in [9.17, 15) is 25.2 Å². The third-order valence-electron chi connectivity index (χ3n) is 10.5. The standard InChI is InChI=1S/C43H56N5O11.ClH/c1-5-46(6-2)29-13-15-33-35(23-29)58-36-24-30(47(7-3)8-4)14-16-34(36)38(33)31-11-9-10-12-32(31)42(53)56-22-21-55-20-19-54-18-17-48-25-28(44-45-48)27-57-43-41(52)40(51)39(50)37(26-49)59-43;/h9-16,23-25,37,39-41,43,49-52H,5-8,17-22,26-27H2,1-4H3;1H/q+1;/p-1/t37-,39+,40+,41-,43+;/m1./s1. The van der Waals surface area contributed by atoms with Crippen molar-refractivity contribution in [3.8, 4) is 22.5 Å². The van der Waals surface area contributed by atoms with Gasteiger partial charge in [0, 0.05) is 47.4 Å². The summed E-state index contributed by atoms with van der Waals surface area (Å²) in [5, 5.41) is 49.4. The number of nitrogens with zero attached hydrogens (tertiary/aromatic N) is 5. The zero-order valence-corrected chi connectivity index (χ0v) is 35.2. The first-order valence-electron chi connectivity index (χ1n) is 20.3. The summed E-state index contributed by atoms with van der Waals surface area (Å²) < 4.78 is 38.4. The molecule has 17 heteroatoms. The van der Waals surface area contributed by atoms with Gasteiger partial charge in [0.2, 0.25) is 5.36 Å². The van der Waals surface area contributed by atoms with Gasteiger partial charge >= 0.3 is 5.97 Å². The lowest BCUT2D eigenvalue weighted by Gasteiger charge is -2.39.